The van der Waals surface area contributed by atoms with Gasteiger partial charge in [0, 0.05) is 23.0 Å². The minimum atomic E-state index is 0.308. The van der Waals surface area contributed by atoms with Gasteiger partial charge in [0.25, 0.3) is 0 Å². The summed E-state index contributed by atoms with van der Waals surface area (Å²) in [6.07, 6.45) is 1.03. The molecular formula is C15H15ClN6. The highest BCUT2D eigenvalue weighted by molar-refractivity contribution is 6.30. The van der Waals surface area contributed by atoms with Crippen molar-refractivity contribution in [2.45, 2.75) is 12.3 Å². The number of rotatable bonds is 2. The zero-order valence-electron chi connectivity index (χ0n) is 11.8. The van der Waals surface area contributed by atoms with E-state index in [1.54, 1.807) is 0 Å². The largest absolute Gasteiger partial charge is 0.383 e. The van der Waals surface area contributed by atoms with Gasteiger partial charge in [0.05, 0.1) is 11.1 Å². The fraction of sp³-hybridized carbons (Fsp3) is 0.267. The van der Waals surface area contributed by atoms with Crippen LogP contribution >= 0.6 is 11.6 Å². The molecule has 0 bridgehead atoms. The van der Waals surface area contributed by atoms with Crippen molar-refractivity contribution in [1.29, 1.82) is 0 Å². The number of aromatic amines is 1. The highest BCUT2D eigenvalue weighted by atomic mass is 35.5. The average Bonchev–Trinajstić information content (AvgIpc) is 3.17. The van der Waals surface area contributed by atoms with Crippen molar-refractivity contribution in [3.63, 3.8) is 0 Å². The number of nitrogens with zero attached hydrogens (tertiary/aromatic N) is 3. The summed E-state index contributed by atoms with van der Waals surface area (Å²) < 4.78 is 0. The minimum Gasteiger partial charge on any atom is -0.383 e. The molecule has 1 saturated heterocycles. The second-order valence-electron chi connectivity index (χ2n) is 5.46. The number of aromatic nitrogens is 4. The Morgan fingerprint density at radius 3 is 2.73 bits per heavy atom. The Morgan fingerprint density at radius 2 is 2.00 bits per heavy atom. The van der Waals surface area contributed by atoms with Gasteiger partial charge in [-0.2, -0.15) is 5.10 Å². The van der Waals surface area contributed by atoms with Gasteiger partial charge in [-0.1, -0.05) is 23.7 Å². The Bertz CT molecular complexity index is 820. The van der Waals surface area contributed by atoms with Crippen LogP contribution in [0.15, 0.2) is 24.3 Å². The summed E-state index contributed by atoms with van der Waals surface area (Å²) in [6, 6.07) is 7.51. The normalized spacial score (nSPS) is 18.1. The number of hydrogen-bond acceptors (Lipinski definition) is 5. The lowest BCUT2D eigenvalue weighted by molar-refractivity contribution is 0.707. The third-order valence-electron chi connectivity index (χ3n) is 4.02. The number of nitrogens with two attached hydrogens (primary N) is 1. The molecule has 1 aliphatic rings. The van der Waals surface area contributed by atoms with Gasteiger partial charge in [-0.25, -0.2) is 9.97 Å². The molecule has 6 nitrogen and oxygen atoms in total. The van der Waals surface area contributed by atoms with Crippen LogP contribution < -0.4 is 11.1 Å². The molecule has 1 fully saturated rings. The van der Waals surface area contributed by atoms with E-state index in [1.807, 2.05) is 24.3 Å². The van der Waals surface area contributed by atoms with Crippen LogP contribution in [0.2, 0.25) is 5.02 Å². The van der Waals surface area contributed by atoms with Crippen molar-refractivity contribution < 1.29 is 0 Å². The fourth-order valence-electron chi connectivity index (χ4n) is 2.85. The molecule has 3 aromatic rings. The summed E-state index contributed by atoms with van der Waals surface area (Å²) >= 11 is 5.93. The molecule has 0 unspecified atom stereocenters. The first-order valence-corrected chi connectivity index (χ1v) is 7.58. The van der Waals surface area contributed by atoms with Crippen LogP contribution in [0.4, 0.5) is 5.82 Å². The molecule has 0 spiro atoms. The number of nitrogens with one attached hydrogen (secondary N) is 2. The molecule has 4 rings (SSSR count). The summed E-state index contributed by atoms with van der Waals surface area (Å²) in [5.41, 5.74) is 8.57. The SMILES string of the molecule is Nc1nc([C@@H]2CCNC2)nc2n[nH]c(-c3ccc(Cl)cc3)c12. The average molecular weight is 315 g/mol. The van der Waals surface area contributed by atoms with Crippen LogP contribution in [0.1, 0.15) is 18.2 Å². The molecular weight excluding hydrogens is 300 g/mol. The van der Waals surface area contributed by atoms with Crippen LogP contribution in [0.3, 0.4) is 0 Å². The Balaban J connectivity index is 1.83. The maximum Gasteiger partial charge on any atom is 0.187 e. The van der Waals surface area contributed by atoms with Crippen molar-refractivity contribution in [2.24, 2.45) is 0 Å². The van der Waals surface area contributed by atoms with Crippen LogP contribution in [0.5, 0.6) is 0 Å². The van der Waals surface area contributed by atoms with Gasteiger partial charge in [-0.15, -0.1) is 0 Å². The van der Waals surface area contributed by atoms with Gasteiger partial charge in [0.1, 0.15) is 11.6 Å². The van der Waals surface area contributed by atoms with Crippen LogP contribution in [-0.4, -0.2) is 33.3 Å². The van der Waals surface area contributed by atoms with Gasteiger partial charge in [0.15, 0.2) is 5.65 Å². The summed E-state index contributed by atoms with van der Waals surface area (Å²) in [7, 11) is 0. The molecule has 1 atom stereocenters. The number of H-pyrrole nitrogens is 1. The van der Waals surface area contributed by atoms with Gasteiger partial charge in [-0.3, -0.25) is 5.10 Å². The number of nitrogen functional groups attached to an aromatic ring is 1. The standard InChI is InChI=1S/C15H15ClN6/c16-10-3-1-8(2-4-10)12-11-13(17)19-14(9-5-6-18-7-9)20-15(11)22-21-12/h1-4,9,18H,5-7H2,(H3,17,19,20,21,22)/t9-/m1/s1. The van der Waals surface area contributed by atoms with E-state index in [0.717, 1.165) is 42.0 Å². The maximum atomic E-state index is 6.18. The topological polar surface area (TPSA) is 92.5 Å². The highest BCUT2D eigenvalue weighted by Gasteiger charge is 2.22. The lowest BCUT2D eigenvalue weighted by atomic mass is 10.1. The lowest BCUT2D eigenvalue weighted by Gasteiger charge is -2.08. The van der Waals surface area contributed by atoms with Crippen molar-refractivity contribution in [2.75, 3.05) is 18.8 Å². The number of hydrogen-bond donors (Lipinski definition) is 3. The van der Waals surface area contributed by atoms with Crippen molar-refractivity contribution >= 4 is 28.5 Å². The molecule has 22 heavy (non-hydrogen) atoms. The van der Waals surface area contributed by atoms with E-state index in [9.17, 15) is 0 Å². The van der Waals surface area contributed by atoms with E-state index < -0.39 is 0 Å². The van der Waals surface area contributed by atoms with Crippen molar-refractivity contribution in [1.82, 2.24) is 25.5 Å². The zero-order valence-corrected chi connectivity index (χ0v) is 12.6. The number of halogens is 1. The summed E-state index contributed by atoms with van der Waals surface area (Å²) in [5, 5.41) is 12.1. The summed E-state index contributed by atoms with van der Waals surface area (Å²) in [6.45, 7) is 1.88. The van der Waals surface area contributed by atoms with Crippen LogP contribution in [0, 0.1) is 0 Å². The molecule has 0 amide bonds. The van der Waals surface area contributed by atoms with E-state index in [0.29, 0.717) is 22.4 Å². The number of fused-ring (bicyclic) bond motifs is 1. The van der Waals surface area contributed by atoms with Crippen molar-refractivity contribution in [3.8, 4) is 11.3 Å². The number of benzene rings is 1. The Hall–Kier alpha value is -2.18. The second kappa shape index (κ2) is 5.23. The zero-order chi connectivity index (χ0) is 15.1. The van der Waals surface area contributed by atoms with Crippen molar-refractivity contribution in [3.05, 3.63) is 35.1 Å². The molecule has 112 valence electrons. The fourth-order valence-corrected chi connectivity index (χ4v) is 2.98. The Labute approximate surface area is 132 Å². The molecule has 0 aliphatic carbocycles. The molecule has 3 heterocycles. The highest BCUT2D eigenvalue weighted by Crippen LogP contribution is 2.31. The smallest absolute Gasteiger partial charge is 0.187 e. The lowest BCUT2D eigenvalue weighted by Crippen LogP contribution is -2.11. The Kier molecular flexibility index (Phi) is 3.20. The minimum absolute atomic E-state index is 0.308. The van der Waals surface area contributed by atoms with E-state index in [2.05, 4.69) is 25.5 Å². The quantitative estimate of drug-likeness (QED) is 0.675. The van der Waals surface area contributed by atoms with E-state index in [1.165, 1.54) is 0 Å². The molecule has 1 aromatic carbocycles. The predicted octanol–water partition coefficient (Wildman–Crippen LogP) is 2.33. The number of anilines is 1. The maximum absolute atomic E-state index is 6.18. The first kappa shape index (κ1) is 13.5. The van der Waals surface area contributed by atoms with E-state index in [4.69, 9.17) is 17.3 Å². The third kappa shape index (κ3) is 2.20. The molecule has 1 aliphatic heterocycles. The van der Waals surface area contributed by atoms with Crippen LogP contribution in [-0.2, 0) is 0 Å². The second-order valence-corrected chi connectivity index (χ2v) is 5.90. The van der Waals surface area contributed by atoms with Gasteiger partial charge >= 0.3 is 0 Å². The van der Waals surface area contributed by atoms with E-state index in [-0.39, 0.29) is 0 Å². The molecule has 0 saturated carbocycles. The molecule has 0 radical (unpaired) electrons. The third-order valence-corrected chi connectivity index (χ3v) is 4.27. The summed E-state index contributed by atoms with van der Waals surface area (Å²) in [4.78, 5) is 9.08. The van der Waals surface area contributed by atoms with Gasteiger partial charge in [0.2, 0.25) is 0 Å². The van der Waals surface area contributed by atoms with Crippen LogP contribution in [0.25, 0.3) is 22.3 Å². The summed E-state index contributed by atoms with van der Waals surface area (Å²) in [5.74, 6) is 1.54. The van der Waals surface area contributed by atoms with Gasteiger partial charge < -0.3 is 11.1 Å². The molecule has 7 heteroatoms. The first-order chi connectivity index (χ1) is 10.7. The monoisotopic (exact) mass is 314 g/mol. The molecule has 4 N–H and O–H groups in total. The van der Waals surface area contributed by atoms with E-state index >= 15 is 0 Å². The first-order valence-electron chi connectivity index (χ1n) is 7.20. The predicted molar refractivity (Wildman–Crippen MR) is 86.8 cm³/mol. The van der Waals surface area contributed by atoms with Gasteiger partial charge in [-0.05, 0) is 25.1 Å². The Morgan fingerprint density at radius 1 is 1.18 bits per heavy atom. The molecule has 2 aromatic heterocycles.